The Labute approximate surface area is 215 Å². The fraction of sp³-hybridized carbons (Fsp3) is 0.222. The van der Waals surface area contributed by atoms with Crippen molar-refractivity contribution in [2.75, 3.05) is 13.1 Å². The number of hydrogen-bond donors (Lipinski definition) is 2. The summed E-state index contributed by atoms with van der Waals surface area (Å²) in [6, 6.07) is 9.30. The lowest BCUT2D eigenvalue weighted by Gasteiger charge is -2.26. The van der Waals surface area contributed by atoms with Crippen molar-refractivity contribution in [3.63, 3.8) is 0 Å². The summed E-state index contributed by atoms with van der Waals surface area (Å²) in [6.45, 7) is 3.20. The molecule has 0 saturated carbocycles. The van der Waals surface area contributed by atoms with Crippen molar-refractivity contribution in [2.24, 2.45) is 0 Å². The summed E-state index contributed by atoms with van der Waals surface area (Å²) in [5.41, 5.74) is 6.66. The van der Waals surface area contributed by atoms with E-state index in [2.05, 4.69) is 47.2 Å². The molecule has 7 heterocycles. The van der Waals surface area contributed by atoms with Crippen LogP contribution < -0.4 is 0 Å². The molecule has 0 bridgehead atoms. The maximum Gasteiger partial charge on any atom is 0.177 e. The standard InChI is InChI=1S/C27H23FN8S/c28-22-5-4-21(37-22)25-24-20(6-7-30-25)32-27(33-24)23-19-11-18(14-31-26(19)35-34-23)17-10-16(12-29-13-17)15-36-8-2-1-3-9-36/h4-7,10-14H,1-3,8-9,15H2,(H,32,33)(H,31,34,35). The van der Waals surface area contributed by atoms with Crippen LogP contribution in [-0.4, -0.2) is 53.1 Å². The molecule has 0 aliphatic carbocycles. The molecule has 0 unspecified atom stereocenters. The second-order valence-electron chi connectivity index (χ2n) is 9.36. The van der Waals surface area contributed by atoms with Gasteiger partial charge >= 0.3 is 0 Å². The average molecular weight is 511 g/mol. The van der Waals surface area contributed by atoms with Crippen molar-refractivity contribution in [1.29, 1.82) is 0 Å². The second kappa shape index (κ2) is 9.13. The molecule has 0 atom stereocenters. The normalized spacial score (nSPS) is 14.6. The minimum absolute atomic E-state index is 0.254. The molecule has 6 aromatic rings. The van der Waals surface area contributed by atoms with Crippen LogP contribution in [0.1, 0.15) is 24.8 Å². The van der Waals surface area contributed by atoms with Crippen LogP contribution in [0.4, 0.5) is 4.39 Å². The van der Waals surface area contributed by atoms with Gasteiger partial charge in [0.1, 0.15) is 16.9 Å². The van der Waals surface area contributed by atoms with Crippen molar-refractivity contribution in [1.82, 2.24) is 40.0 Å². The molecule has 8 nitrogen and oxygen atoms in total. The third-order valence-electron chi connectivity index (χ3n) is 6.83. The number of fused-ring (bicyclic) bond motifs is 2. The number of hydrogen-bond acceptors (Lipinski definition) is 7. The van der Waals surface area contributed by atoms with Crippen molar-refractivity contribution in [3.05, 3.63) is 65.8 Å². The number of H-pyrrole nitrogens is 2. The fourth-order valence-electron chi connectivity index (χ4n) is 5.02. The van der Waals surface area contributed by atoms with E-state index in [1.807, 2.05) is 24.7 Å². The smallest absolute Gasteiger partial charge is 0.177 e. The predicted octanol–water partition coefficient (Wildman–Crippen LogP) is 5.81. The molecule has 1 saturated heterocycles. The highest BCUT2D eigenvalue weighted by Crippen LogP contribution is 2.33. The molecule has 1 aliphatic heterocycles. The van der Waals surface area contributed by atoms with Crippen molar-refractivity contribution in [3.8, 4) is 33.2 Å². The van der Waals surface area contributed by atoms with Crippen LogP contribution in [-0.2, 0) is 6.54 Å². The maximum atomic E-state index is 13.7. The van der Waals surface area contributed by atoms with Gasteiger partial charge in [-0.05, 0) is 61.8 Å². The largest absolute Gasteiger partial charge is 0.336 e. The Morgan fingerprint density at radius 2 is 1.84 bits per heavy atom. The van der Waals surface area contributed by atoms with Gasteiger partial charge in [-0.25, -0.2) is 9.97 Å². The first-order chi connectivity index (χ1) is 18.2. The highest BCUT2D eigenvalue weighted by molar-refractivity contribution is 7.13. The lowest BCUT2D eigenvalue weighted by molar-refractivity contribution is 0.220. The summed E-state index contributed by atoms with van der Waals surface area (Å²) >= 11 is 1.05. The van der Waals surface area contributed by atoms with E-state index in [9.17, 15) is 4.39 Å². The highest BCUT2D eigenvalue weighted by atomic mass is 32.1. The van der Waals surface area contributed by atoms with E-state index in [1.165, 1.54) is 30.9 Å². The molecule has 7 rings (SSSR count). The first-order valence-corrected chi connectivity index (χ1v) is 13.1. The zero-order valence-corrected chi connectivity index (χ0v) is 20.7. The van der Waals surface area contributed by atoms with Crippen molar-refractivity contribution >= 4 is 33.4 Å². The number of thiophene rings is 1. The molecule has 184 valence electrons. The minimum atomic E-state index is -0.254. The van der Waals surface area contributed by atoms with Gasteiger partial charge in [-0.3, -0.25) is 20.0 Å². The Hall–Kier alpha value is -4.02. The van der Waals surface area contributed by atoms with Gasteiger partial charge in [-0.1, -0.05) is 6.42 Å². The number of rotatable bonds is 5. The summed E-state index contributed by atoms with van der Waals surface area (Å²) in [7, 11) is 0. The van der Waals surface area contributed by atoms with Gasteiger partial charge in [0, 0.05) is 42.5 Å². The number of imidazole rings is 1. The minimum Gasteiger partial charge on any atom is -0.336 e. The molecule has 1 aliphatic rings. The van der Waals surface area contributed by atoms with Gasteiger partial charge in [0.05, 0.1) is 15.8 Å². The lowest BCUT2D eigenvalue weighted by Crippen LogP contribution is -2.29. The summed E-state index contributed by atoms with van der Waals surface area (Å²) < 4.78 is 13.7. The second-order valence-corrected chi connectivity index (χ2v) is 10.4. The van der Waals surface area contributed by atoms with E-state index in [4.69, 9.17) is 4.98 Å². The van der Waals surface area contributed by atoms with E-state index in [-0.39, 0.29) is 5.13 Å². The third-order valence-corrected chi connectivity index (χ3v) is 7.71. The van der Waals surface area contributed by atoms with Crippen LogP contribution in [0.2, 0.25) is 0 Å². The Morgan fingerprint density at radius 3 is 2.70 bits per heavy atom. The van der Waals surface area contributed by atoms with Gasteiger partial charge in [0.2, 0.25) is 0 Å². The van der Waals surface area contributed by atoms with Gasteiger partial charge in [0.25, 0.3) is 0 Å². The van der Waals surface area contributed by atoms with Crippen LogP contribution in [0.15, 0.2) is 55.1 Å². The molecule has 1 fully saturated rings. The van der Waals surface area contributed by atoms with E-state index in [0.29, 0.717) is 28.4 Å². The summed E-state index contributed by atoms with van der Waals surface area (Å²) in [5, 5.41) is 8.14. The number of piperidine rings is 1. The van der Waals surface area contributed by atoms with Gasteiger partial charge in [-0.2, -0.15) is 9.49 Å². The quantitative estimate of drug-likeness (QED) is 0.304. The Bertz CT molecular complexity index is 1730. The average Bonchev–Trinajstić information content (AvgIpc) is 3.66. The third kappa shape index (κ3) is 4.17. The lowest BCUT2D eigenvalue weighted by atomic mass is 10.1. The molecule has 2 N–H and O–H groups in total. The number of nitrogens with one attached hydrogen (secondary N) is 2. The Morgan fingerprint density at radius 1 is 0.946 bits per heavy atom. The topological polar surface area (TPSA) is 99.3 Å². The number of aromatic amines is 2. The van der Waals surface area contributed by atoms with Crippen molar-refractivity contribution in [2.45, 2.75) is 25.8 Å². The number of pyridine rings is 3. The predicted molar refractivity (Wildman–Crippen MR) is 142 cm³/mol. The van der Waals surface area contributed by atoms with E-state index >= 15 is 0 Å². The van der Waals surface area contributed by atoms with Crippen LogP contribution in [0.25, 0.3) is 55.3 Å². The molecule has 0 radical (unpaired) electrons. The van der Waals surface area contributed by atoms with Gasteiger partial charge in [-0.15, -0.1) is 11.3 Å². The molecule has 0 spiro atoms. The zero-order valence-electron chi connectivity index (χ0n) is 19.9. The number of aromatic nitrogens is 7. The van der Waals surface area contributed by atoms with E-state index in [1.54, 1.807) is 12.3 Å². The zero-order chi connectivity index (χ0) is 24.8. The van der Waals surface area contributed by atoms with Crippen LogP contribution in [0.3, 0.4) is 0 Å². The first-order valence-electron chi connectivity index (χ1n) is 12.3. The van der Waals surface area contributed by atoms with Crippen LogP contribution >= 0.6 is 11.3 Å². The summed E-state index contributed by atoms with van der Waals surface area (Å²) in [5.74, 6) is 0.600. The molecular weight excluding hydrogens is 487 g/mol. The summed E-state index contributed by atoms with van der Waals surface area (Å²) in [6.07, 6.45) is 11.2. The van der Waals surface area contributed by atoms with Gasteiger partial charge < -0.3 is 4.98 Å². The maximum absolute atomic E-state index is 13.7. The molecular formula is C27H23FN8S. The summed E-state index contributed by atoms with van der Waals surface area (Å²) in [4.78, 5) is 25.0. The highest BCUT2D eigenvalue weighted by Gasteiger charge is 2.18. The fourth-order valence-corrected chi connectivity index (χ4v) is 5.75. The number of halogens is 1. The number of nitrogens with zero attached hydrogens (tertiary/aromatic N) is 6. The molecule has 6 aromatic heterocycles. The van der Waals surface area contributed by atoms with Gasteiger partial charge in [0.15, 0.2) is 16.6 Å². The molecule has 10 heteroatoms. The Kier molecular flexibility index (Phi) is 5.48. The monoisotopic (exact) mass is 510 g/mol. The van der Waals surface area contributed by atoms with Crippen LogP contribution in [0, 0.1) is 5.13 Å². The molecule has 37 heavy (non-hydrogen) atoms. The van der Waals surface area contributed by atoms with E-state index < -0.39 is 0 Å². The Balaban J connectivity index is 1.26. The molecule has 0 amide bonds. The van der Waals surface area contributed by atoms with Crippen molar-refractivity contribution < 1.29 is 4.39 Å². The molecule has 0 aromatic carbocycles. The van der Waals surface area contributed by atoms with E-state index in [0.717, 1.165) is 57.9 Å². The SMILES string of the molecule is Fc1ccc(-c2nccc3[nH]c(-c4n[nH]c5ncc(-c6cncc(CN7CCCCC7)c6)cc45)nc23)s1. The van der Waals surface area contributed by atoms with Crippen LogP contribution in [0.5, 0.6) is 0 Å². The first kappa shape index (κ1) is 22.2. The number of likely N-dealkylation sites (tertiary alicyclic amines) is 1.